The molecule has 0 bridgehead atoms. The number of thioether (sulfide) groups is 1. The molecule has 6 nitrogen and oxygen atoms in total. The van der Waals surface area contributed by atoms with Crippen molar-refractivity contribution in [2.45, 2.75) is 19.9 Å². The molecule has 2 heterocycles. The number of methoxy groups -OCH3 is 2. The zero-order chi connectivity index (χ0) is 22.0. The Bertz CT molecular complexity index is 1090. The lowest BCUT2D eigenvalue weighted by molar-refractivity contribution is -0.139. The van der Waals surface area contributed by atoms with E-state index in [1.165, 1.54) is 0 Å². The van der Waals surface area contributed by atoms with Crippen molar-refractivity contribution in [3.05, 3.63) is 76.3 Å². The van der Waals surface area contributed by atoms with Gasteiger partial charge in [-0.05, 0) is 37.1 Å². The molecule has 2 aliphatic rings. The number of allylic oxidation sites excluding steroid dienone is 1. The second-order valence-electron chi connectivity index (χ2n) is 6.99. The summed E-state index contributed by atoms with van der Waals surface area (Å²) in [5.41, 5.74) is 4.09. The first-order valence-corrected chi connectivity index (χ1v) is 10.9. The summed E-state index contributed by atoms with van der Waals surface area (Å²) >= 11 is 1.55. The van der Waals surface area contributed by atoms with E-state index in [-0.39, 0.29) is 5.97 Å². The van der Waals surface area contributed by atoms with Crippen molar-refractivity contribution in [3.63, 3.8) is 0 Å². The van der Waals surface area contributed by atoms with Crippen LogP contribution in [0, 0.1) is 0 Å². The summed E-state index contributed by atoms with van der Waals surface area (Å²) in [5.74, 6) is 0.859. The number of carbonyl (C=O) groups excluding carboxylic acids is 1. The van der Waals surface area contributed by atoms with E-state index in [1.807, 2.05) is 43.3 Å². The summed E-state index contributed by atoms with van der Waals surface area (Å²) in [5, 5.41) is 2.90. The van der Waals surface area contributed by atoms with Gasteiger partial charge in [0.25, 0.3) is 0 Å². The zero-order valence-corrected chi connectivity index (χ0v) is 18.7. The Morgan fingerprint density at radius 2 is 1.84 bits per heavy atom. The number of amidine groups is 1. The molecule has 1 atom stereocenters. The second-order valence-corrected chi connectivity index (χ2v) is 7.82. The van der Waals surface area contributed by atoms with Gasteiger partial charge in [0.1, 0.15) is 0 Å². The molecule has 0 saturated carbocycles. The molecule has 0 fully saturated rings. The Morgan fingerprint density at radius 3 is 2.52 bits per heavy atom. The van der Waals surface area contributed by atoms with Crippen LogP contribution >= 0.6 is 11.8 Å². The van der Waals surface area contributed by atoms with E-state index >= 15 is 0 Å². The van der Waals surface area contributed by atoms with Crippen molar-refractivity contribution in [1.29, 1.82) is 0 Å². The summed E-state index contributed by atoms with van der Waals surface area (Å²) in [6, 6.07) is 15.4. The van der Waals surface area contributed by atoms with Crippen LogP contribution in [-0.4, -0.2) is 36.9 Å². The van der Waals surface area contributed by atoms with Gasteiger partial charge < -0.3 is 19.1 Å². The molecule has 0 aliphatic carbocycles. The van der Waals surface area contributed by atoms with Gasteiger partial charge in [-0.2, -0.15) is 0 Å². The van der Waals surface area contributed by atoms with Crippen LogP contribution in [0.2, 0.25) is 0 Å². The number of carbonyl (C=O) groups is 1. The van der Waals surface area contributed by atoms with Gasteiger partial charge in [0.15, 0.2) is 16.7 Å². The molecule has 2 aliphatic heterocycles. The highest BCUT2D eigenvalue weighted by Crippen LogP contribution is 2.47. The van der Waals surface area contributed by atoms with E-state index < -0.39 is 6.04 Å². The number of benzene rings is 2. The fourth-order valence-electron chi connectivity index (χ4n) is 3.81. The van der Waals surface area contributed by atoms with Crippen molar-refractivity contribution in [2.75, 3.05) is 20.8 Å². The summed E-state index contributed by atoms with van der Waals surface area (Å²) < 4.78 is 16.4. The number of aliphatic imine (C=N–C) groups is 1. The van der Waals surface area contributed by atoms with Gasteiger partial charge >= 0.3 is 5.97 Å². The van der Waals surface area contributed by atoms with Crippen LogP contribution in [0.1, 0.15) is 31.0 Å². The molecular formula is C24H24N2O4S. The number of hydrogen-bond donors (Lipinski definition) is 0. The van der Waals surface area contributed by atoms with Crippen molar-refractivity contribution in [1.82, 2.24) is 4.90 Å². The molecule has 0 saturated heterocycles. The molecule has 0 aromatic heterocycles. The first-order chi connectivity index (χ1) is 15.1. The first-order valence-electron chi connectivity index (χ1n) is 9.99. The number of nitrogens with zero attached hydrogens (tertiary/aromatic N) is 2. The van der Waals surface area contributed by atoms with Gasteiger partial charge in [-0.15, -0.1) is 0 Å². The first kappa shape index (κ1) is 21.1. The summed E-state index contributed by atoms with van der Waals surface area (Å²) in [6.45, 7) is 3.95. The second kappa shape index (κ2) is 8.89. The Morgan fingerprint density at radius 1 is 1.10 bits per heavy atom. The van der Waals surface area contributed by atoms with Crippen molar-refractivity contribution >= 4 is 28.6 Å². The maximum absolute atomic E-state index is 13.0. The van der Waals surface area contributed by atoms with Crippen LogP contribution in [0.4, 0.5) is 0 Å². The van der Waals surface area contributed by atoms with E-state index in [0.717, 1.165) is 22.0 Å². The highest BCUT2D eigenvalue weighted by atomic mass is 32.2. The normalized spacial score (nSPS) is 17.7. The van der Waals surface area contributed by atoms with Crippen molar-refractivity contribution in [2.24, 2.45) is 4.99 Å². The highest BCUT2D eigenvalue weighted by Gasteiger charge is 2.41. The predicted molar refractivity (Wildman–Crippen MR) is 123 cm³/mol. The molecule has 4 rings (SSSR count). The molecule has 2 aromatic rings. The molecule has 2 aromatic carbocycles. The zero-order valence-electron chi connectivity index (χ0n) is 17.9. The van der Waals surface area contributed by atoms with Crippen LogP contribution in [0.5, 0.6) is 11.5 Å². The van der Waals surface area contributed by atoms with Crippen molar-refractivity contribution in [3.8, 4) is 11.5 Å². The van der Waals surface area contributed by atoms with Crippen LogP contribution < -0.4 is 9.47 Å². The highest BCUT2D eigenvalue weighted by molar-refractivity contribution is 8.16. The minimum atomic E-state index is -0.409. The lowest BCUT2D eigenvalue weighted by atomic mass is 9.93. The van der Waals surface area contributed by atoms with Gasteiger partial charge in [0, 0.05) is 5.41 Å². The van der Waals surface area contributed by atoms with E-state index in [0.29, 0.717) is 29.4 Å². The Kier molecular flexibility index (Phi) is 6.04. The number of esters is 1. The SMILES string of the molecule is CCOC(=O)C1=C(C)N=C2SC=C(c3ccccc3)N2C1c1ccc(OC)c(OC)c1. The smallest absolute Gasteiger partial charge is 0.338 e. The third kappa shape index (κ3) is 3.81. The maximum Gasteiger partial charge on any atom is 0.338 e. The minimum absolute atomic E-state index is 0.293. The lowest BCUT2D eigenvalue weighted by Gasteiger charge is -2.36. The molecule has 0 spiro atoms. The van der Waals surface area contributed by atoms with Gasteiger partial charge in [0.05, 0.1) is 43.8 Å². The third-order valence-corrected chi connectivity index (χ3v) is 6.05. The molecule has 160 valence electrons. The summed E-state index contributed by atoms with van der Waals surface area (Å²) in [4.78, 5) is 19.9. The largest absolute Gasteiger partial charge is 0.493 e. The van der Waals surface area contributed by atoms with E-state index in [4.69, 9.17) is 19.2 Å². The van der Waals surface area contributed by atoms with Gasteiger partial charge in [-0.1, -0.05) is 48.2 Å². The summed E-state index contributed by atoms with van der Waals surface area (Å²) in [6.07, 6.45) is 0. The average molecular weight is 437 g/mol. The average Bonchev–Trinajstić information content (AvgIpc) is 3.21. The number of hydrogen-bond acceptors (Lipinski definition) is 7. The predicted octanol–water partition coefficient (Wildman–Crippen LogP) is 5.00. The van der Waals surface area contributed by atoms with E-state index in [1.54, 1.807) is 32.9 Å². The van der Waals surface area contributed by atoms with Gasteiger partial charge in [-0.25, -0.2) is 9.79 Å². The topological polar surface area (TPSA) is 60.4 Å². The van der Waals surface area contributed by atoms with Crippen LogP contribution in [0.25, 0.3) is 5.70 Å². The van der Waals surface area contributed by atoms with E-state index in [9.17, 15) is 4.79 Å². The molecule has 0 amide bonds. The summed E-state index contributed by atoms with van der Waals surface area (Å²) in [7, 11) is 3.20. The molecule has 31 heavy (non-hydrogen) atoms. The standard InChI is InChI=1S/C24H24N2O4S/c1-5-30-23(27)21-15(2)25-24-26(18(14-31-24)16-9-7-6-8-10-16)22(21)17-11-12-19(28-3)20(13-17)29-4/h6-14,22H,5H2,1-4H3. The monoisotopic (exact) mass is 436 g/mol. The fraction of sp³-hybridized carbons (Fsp3) is 0.250. The minimum Gasteiger partial charge on any atom is -0.493 e. The maximum atomic E-state index is 13.0. The molecule has 0 radical (unpaired) electrons. The van der Waals surface area contributed by atoms with Gasteiger partial charge in [0.2, 0.25) is 0 Å². The third-order valence-electron chi connectivity index (χ3n) is 5.21. The Hall–Kier alpha value is -3.19. The lowest BCUT2D eigenvalue weighted by Crippen LogP contribution is -2.36. The fourth-order valence-corrected chi connectivity index (χ4v) is 4.78. The Balaban J connectivity index is 1.88. The molecular weight excluding hydrogens is 412 g/mol. The molecule has 0 N–H and O–H groups in total. The van der Waals surface area contributed by atoms with Crippen LogP contribution in [0.15, 0.2) is 70.2 Å². The quantitative estimate of drug-likeness (QED) is 0.594. The van der Waals surface area contributed by atoms with Crippen LogP contribution in [0.3, 0.4) is 0 Å². The molecule has 7 heteroatoms. The number of rotatable bonds is 6. The number of fused-ring (bicyclic) bond motifs is 1. The number of ether oxygens (including phenoxy) is 3. The molecule has 1 unspecified atom stereocenters. The Labute approximate surface area is 186 Å². The van der Waals surface area contributed by atoms with E-state index in [2.05, 4.69) is 22.4 Å². The van der Waals surface area contributed by atoms with Crippen LogP contribution in [-0.2, 0) is 9.53 Å². The van der Waals surface area contributed by atoms with Gasteiger partial charge in [-0.3, -0.25) is 0 Å². The van der Waals surface area contributed by atoms with Crippen molar-refractivity contribution < 1.29 is 19.0 Å².